The van der Waals surface area contributed by atoms with Gasteiger partial charge >= 0.3 is 5.97 Å². The first kappa shape index (κ1) is 16.7. The van der Waals surface area contributed by atoms with Crippen molar-refractivity contribution in [3.63, 3.8) is 0 Å². The summed E-state index contributed by atoms with van der Waals surface area (Å²) >= 11 is 6.88. The average Bonchev–Trinajstić information content (AvgIpc) is 2.86. The van der Waals surface area contributed by atoms with Crippen molar-refractivity contribution in [1.29, 1.82) is 0 Å². The number of anilines is 1. The third-order valence-electron chi connectivity index (χ3n) is 2.92. The normalized spacial score (nSPS) is 12.8. The number of sulfonamides is 1. The second-order valence-electron chi connectivity index (χ2n) is 4.40. The number of halogens is 1. The van der Waals surface area contributed by atoms with Gasteiger partial charge in [-0.2, -0.15) is 0 Å². The number of nitrogens with one attached hydrogen (secondary N) is 1. The Hall–Kier alpha value is -1.64. The number of carboxylic acids is 1. The van der Waals surface area contributed by atoms with Crippen LogP contribution in [0.15, 0.2) is 35.4 Å². The van der Waals surface area contributed by atoms with Gasteiger partial charge in [0.2, 0.25) is 0 Å². The van der Waals surface area contributed by atoms with Crippen LogP contribution in [0.5, 0.6) is 0 Å². The van der Waals surface area contributed by atoms with Crippen molar-refractivity contribution in [2.75, 3.05) is 4.72 Å². The molecule has 0 spiro atoms. The Morgan fingerprint density at radius 3 is 2.73 bits per heavy atom. The fraction of sp³-hybridized carbons (Fsp3) is 0.231. The van der Waals surface area contributed by atoms with Crippen LogP contribution in [0.25, 0.3) is 0 Å². The molecule has 0 radical (unpaired) electrons. The first-order valence-electron chi connectivity index (χ1n) is 6.31. The zero-order valence-electron chi connectivity index (χ0n) is 11.5. The summed E-state index contributed by atoms with van der Waals surface area (Å²) in [5.41, 5.74) is 0. The highest BCUT2D eigenvalue weighted by molar-refractivity contribution is 7.93. The topological polar surface area (TPSA) is 96.4 Å². The van der Waals surface area contributed by atoms with E-state index in [0.29, 0.717) is 11.3 Å². The molecule has 0 bridgehead atoms. The monoisotopic (exact) mass is 360 g/mol. The van der Waals surface area contributed by atoms with Gasteiger partial charge in [-0.3, -0.25) is 9.52 Å². The first-order valence-corrected chi connectivity index (χ1v) is 8.98. The molecule has 118 valence electrons. The van der Waals surface area contributed by atoms with Crippen molar-refractivity contribution < 1.29 is 18.3 Å². The molecule has 0 saturated heterocycles. The maximum atomic E-state index is 12.3. The van der Waals surface area contributed by atoms with Gasteiger partial charge in [-0.25, -0.2) is 13.4 Å². The Morgan fingerprint density at radius 1 is 1.45 bits per heavy atom. The van der Waals surface area contributed by atoms with Crippen LogP contribution in [-0.2, 0) is 14.8 Å². The third kappa shape index (κ3) is 3.57. The quantitative estimate of drug-likeness (QED) is 0.824. The second kappa shape index (κ2) is 6.64. The van der Waals surface area contributed by atoms with Gasteiger partial charge in [-0.1, -0.05) is 30.7 Å². The zero-order valence-corrected chi connectivity index (χ0v) is 13.9. The summed E-state index contributed by atoms with van der Waals surface area (Å²) in [6.07, 6.45) is 1.77. The highest BCUT2D eigenvalue weighted by Gasteiger charge is 2.23. The highest BCUT2D eigenvalue weighted by Crippen LogP contribution is 2.30. The van der Waals surface area contributed by atoms with E-state index in [0.717, 1.165) is 11.3 Å². The highest BCUT2D eigenvalue weighted by atomic mass is 35.5. The minimum atomic E-state index is -3.86. The molecule has 9 heteroatoms. The van der Waals surface area contributed by atoms with Gasteiger partial charge in [0.05, 0.1) is 10.9 Å². The smallest absolute Gasteiger partial charge is 0.311 e. The van der Waals surface area contributed by atoms with E-state index in [1.807, 2.05) is 0 Å². The van der Waals surface area contributed by atoms with Gasteiger partial charge in [0.25, 0.3) is 10.0 Å². The number of aromatic nitrogens is 1. The van der Waals surface area contributed by atoms with Crippen molar-refractivity contribution >= 4 is 44.1 Å². The van der Waals surface area contributed by atoms with Crippen molar-refractivity contribution in [1.82, 2.24) is 4.98 Å². The number of benzene rings is 1. The summed E-state index contributed by atoms with van der Waals surface area (Å²) in [5.74, 6) is -1.66. The molecule has 0 fully saturated rings. The van der Waals surface area contributed by atoms with Crippen LogP contribution in [0.3, 0.4) is 0 Å². The van der Waals surface area contributed by atoms with Gasteiger partial charge < -0.3 is 5.11 Å². The molecule has 0 aliphatic rings. The molecule has 1 aromatic heterocycles. The number of carboxylic acid groups (broad SMARTS) is 1. The van der Waals surface area contributed by atoms with E-state index in [1.165, 1.54) is 18.3 Å². The van der Waals surface area contributed by atoms with Crippen molar-refractivity contribution in [2.24, 2.45) is 0 Å². The number of rotatable bonds is 6. The summed E-state index contributed by atoms with van der Waals surface area (Å²) < 4.78 is 26.8. The van der Waals surface area contributed by atoms with Crippen LogP contribution in [0.4, 0.5) is 5.13 Å². The maximum absolute atomic E-state index is 12.3. The second-order valence-corrected chi connectivity index (χ2v) is 7.52. The molecule has 2 rings (SSSR count). The zero-order chi connectivity index (χ0) is 16.3. The first-order chi connectivity index (χ1) is 10.3. The molecular weight excluding hydrogens is 348 g/mol. The van der Waals surface area contributed by atoms with Crippen molar-refractivity contribution in [3.8, 4) is 0 Å². The summed E-state index contributed by atoms with van der Waals surface area (Å²) in [4.78, 5) is 15.5. The summed E-state index contributed by atoms with van der Waals surface area (Å²) in [7, 11) is -3.86. The van der Waals surface area contributed by atoms with Crippen LogP contribution >= 0.6 is 22.9 Å². The molecule has 1 heterocycles. The molecule has 0 aliphatic carbocycles. The predicted octanol–water partition coefficient (Wildman–Crippen LogP) is 3.18. The minimum absolute atomic E-state index is 0.0568. The summed E-state index contributed by atoms with van der Waals surface area (Å²) in [6.45, 7) is 1.74. The Labute approximate surface area is 136 Å². The number of nitrogens with zero attached hydrogens (tertiary/aromatic N) is 1. The fourth-order valence-electron chi connectivity index (χ4n) is 1.82. The van der Waals surface area contributed by atoms with Gasteiger partial charge in [-0.15, -0.1) is 11.3 Å². The fourth-order valence-corrected chi connectivity index (χ4v) is 4.58. The molecule has 22 heavy (non-hydrogen) atoms. The van der Waals surface area contributed by atoms with Gasteiger partial charge in [0, 0.05) is 11.1 Å². The molecule has 0 amide bonds. The van der Waals surface area contributed by atoms with Crippen LogP contribution in [0, 0.1) is 0 Å². The van der Waals surface area contributed by atoms with Crippen LogP contribution in [-0.4, -0.2) is 24.5 Å². The molecule has 0 saturated carbocycles. The SMILES string of the molecule is CCC(C(=O)O)c1cnc(NS(=O)(=O)c2ccccc2Cl)s1. The van der Waals surface area contributed by atoms with Gasteiger partial charge in [0.15, 0.2) is 5.13 Å². The minimum Gasteiger partial charge on any atom is -0.481 e. The lowest BCUT2D eigenvalue weighted by Crippen LogP contribution is -2.13. The van der Waals surface area contributed by atoms with E-state index < -0.39 is 21.9 Å². The molecule has 1 atom stereocenters. The lowest BCUT2D eigenvalue weighted by molar-refractivity contribution is -0.138. The number of aliphatic carboxylic acids is 1. The summed E-state index contributed by atoms with van der Waals surface area (Å²) in [6, 6.07) is 6.04. The van der Waals surface area contributed by atoms with Gasteiger partial charge in [0.1, 0.15) is 4.90 Å². The number of carbonyl (C=O) groups is 1. The van der Waals surface area contributed by atoms with Gasteiger partial charge in [-0.05, 0) is 18.6 Å². The van der Waals surface area contributed by atoms with E-state index in [-0.39, 0.29) is 15.0 Å². The largest absolute Gasteiger partial charge is 0.481 e. The molecule has 2 aromatic rings. The molecule has 0 aliphatic heterocycles. The lowest BCUT2D eigenvalue weighted by Gasteiger charge is -2.07. The lowest BCUT2D eigenvalue weighted by atomic mass is 10.1. The summed E-state index contributed by atoms with van der Waals surface area (Å²) in [5, 5.41) is 9.31. The Balaban J connectivity index is 2.27. The van der Waals surface area contributed by atoms with E-state index in [9.17, 15) is 13.2 Å². The van der Waals surface area contributed by atoms with Crippen LogP contribution in [0.1, 0.15) is 24.1 Å². The van der Waals surface area contributed by atoms with E-state index in [2.05, 4.69) is 9.71 Å². The van der Waals surface area contributed by atoms with Crippen LogP contribution in [0.2, 0.25) is 5.02 Å². The number of hydrogen-bond donors (Lipinski definition) is 2. The van der Waals surface area contributed by atoms with E-state index in [1.54, 1.807) is 19.1 Å². The maximum Gasteiger partial charge on any atom is 0.311 e. The van der Waals surface area contributed by atoms with E-state index >= 15 is 0 Å². The van der Waals surface area contributed by atoms with Crippen LogP contribution < -0.4 is 4.72 Å². The van der Waals surface area contributed by atoms with E-state index in [4.69, 9.17) is 16.7 Å². The van der Waals surface area contributed by atoms with Crippen molar-refractivity contribution in [3.05, 3.63) is 40.4 Å². The average molecular weight is 361 g/mol. The number of hydrogen-bond acceptors (Lipinski definition) is 5. The Kier molecular flexibility index (Phi) is 5.05. The molecule has 6 nitrogen and oxygen atoms in total. The molecule has 1 unspecified atom stereocenters. The standard InChI is InChI=1S/C13H13ClN2O4S2/c1-2-8(12(17)18)10-7-15-13(21-10)16-22(19,20)11-6-4-3-5-9(11)14/h3-8H,2H2,1H3,(H,15,16)(H,17,18). The Bertz CT molecular complexity index is 789. The molecule has 2 N–H and O–H groups in total. The third-order valence-corrected chi connectivity index (χ3v) is 5.92. The Morgan fingerprint density at radius 2 is 2.14 bits per heavy atom. The predicted molar refractivity (Wildman–Crippen MR) is 85.0 cm³/mol. The number of thiazole rings is 1. The van der Waals surface area contributed by atoms with Crippen molar-refractivity contribution in [2.45, 2.75) is 24.2 Å². The molecular formula is C13H13ClN2O4S2. The molecule has 1 aromatic carbocycles.